The number of likely N-dealkylation sites (tertiary alicyclic amines) is 1. The topological polar surface area (TPSA) is 83.9 Å². The van der Waals surface area contributed by atoms with Crippen LogP contribution in [0.3, 0.4) is 0 Å². The number of carbonyl (C=O) groups excluding carboxylic acids is 3. The molecule has 0 aromatic heterocycles. The van der Waals surface area contributed by atoms with E-state index in [9.17, 15) is 19.5 Å². The lowest BCUT2D eigenvalue weighted by molar-refractivity contribution is -0.174. The van der Waals surface area contributed by atoms with Crippen molar-refractivity contribution in [3.05, 3.63) is 70.2 Å². The number of halogens is 2. The van der Waals surface area contributed by atoms with Gasteiger partial charge in [0, 0.05) is 10.9 Å². The first-order valence-electron chi connectivity index (χ1n) is 8.88. The highest BCUT2D eigenvalue weighted by atomic mass is 79.9. The predicted octanol–water partition coefficient (Wildman–Crippen LogP) is 2.94. The number of nitrogens with zero attached hydrogens (tertiary/aromatic N) is 1. The van der Waals surface area contributed by atoms with E-state index in [-0.39, 0.29) is 12.1 Å². The number of rotatable bonds is 6. The summed E-state index contributed by atoms with van der Waals surface area (Å²) in [6, 6.07) is 14.7. The summed E-state index contributed by atoms with van der Waals surface area (Å²) < 4.78 is 21.3. The molecule has 0 bridgehead atoms. The summed E-state index contributed by atoms with van der Waals surface area (Å²) in [6.45, 7) is -0.0410. The van der Waals surface area contributed by atoms with Crippen LogP contribution in [0.5, 0.6) is 0 Å². The Kier molecular flexibility index (Phi) is 6.14. The number of alkyl halides is 1. The zero-order chi connectivity index (χ0) is 21.2. The van der Waals surface area contributed by atoms with E-state index in [1.54, 1.807) is 42.5 Å². The van der Waals surface area contributed by atoms with Gasteiger partial charge in [-0.2, -0.15) is 0 Å². The Hall–Kier alpha value is -2.58. The van der Waals surface area contributed by atoms with Gasteiger partial charge in [0.25, 0.3) is 0 Å². The zero-order valence-electron chi connectivity index (χ0n) is 15.5. The number of esters is 1. The normalized spacial score (nSPS) is 19.7. The molecule has 6 nitrogen and oxygen atoms in total. The second-order valence-electron chi connectivity index (χ2n) is 6.77. The summed E-state index contributed by atoms with van der Waals surface area (Å²) in [4.78, 5) is 38.7. The SMILES string of the molecule is COC(=O)[C@](F)(C1CC(=O)N(Cc2ccccc2)C1=O)[C@H](O)c1ccc(Br)cc1. The summed E-state index contributed by atoms with van der Waals surface area (Å²) in [5, 5.41) is 10.7. The standard InChI is InChI=1S/C21H19BrFNO5/c1-29-20(28)21(23,18(26)14-7-9-15(22)10-8-14)16-11-17(25)24(19(16)27)12-13-5-3-2-4-6-13/h2-10,16,18,26H,11-12H2,1H3/t16?,18-,21+/m1/s1. The Labute approximate surface area is 175 Å². The fraction of sp³-hybridized carbons (Fsp3) is 0.286. The van der Waals surface area contributed by atoms with Crippen molar-refractivity contribution in [2.45, 2.75) is 24.7 Å². The minimum atomic E-state index is -3.11. The van der Waals surface area contributed by atoms with Crippen LogP contribution in [0.2, 0.25) is 0 Å². The molecular weight excluding hydrogens is 445 g/mol. The summed E-state index contributed by atoms with van der Waals surface area (Å²) >= 11 is 3.24. The molecule has 8 heteroatoms. The molecule has 3 rings (SSSR count). The largest absolute Gasteiger partial charge is 0.467 e. The van der Waals surface area contributed by atoms with Crippen molar-refractivity contribution in [3.63, 3.8) is 0 Å². The highest BCUT2D eigenvalue weighted by Crippen LogP contribution is 2.43. The maximum atomic E-state index is 16.1. The molecule has 2 amide bonds. The van der Waals surface area contributed by atoms with Crippen LogP contribution in [-0.4, -0.2) is 40.6 Å². The molecule has 0 radical (unpaired) electrons. The third-order valence-electron chi connectivity index (χ3n) is 5.02. The van der Waals surface area contributed by atoms with Gasteiger partial charge in [0.15, 0.2) is 0 Å². The van der Waals surface area contributed by atoms with Crippen molar-refractivity contribution in [1.29, 1.82) is 0 Å². The van der Waals surface area contributed by atoms with Gasteiger partial charge < -0.3 is 9.84 Å². The van der Waals surface area contributed by atoms with Gasteiger partial charge in [0.2, 0.25) is 17.5 Å². The van der Waals surface area contributed by atoms with Crippen LogP contribution >= 0.6 is 15.9 Å². The summed E-state index contributed by atoms with van der Waals surface area (Å²) in [5.41, 5.74) is -2.34. The van der Waals surface area contributed by atoms with Crippen molar-refractivity contribution >= 4 is 33.7 Å². The number of carbonyl (C=O) groups is 3. The maximum Gasteiger partial charge on any atom is 0.347 e. The van der Waals surface area contributed by atoms with Gasteiger partial charge in [-0.15, -0.1) is 0 Å². The fourth-order valence-electron chi connectivity index (χ4n) is 3.43. The molecule has 3 atom stereocenters. The molecule has 2 aromatic rings. The number of hydrogen-bond donors (Lipinski definition) is 1. The van der Waals surface area contributed by atoms with E-state index < -0.39 is 41.9 Å². The lowest BCUT2D eigenvalue weighted by Crippen LogP contribution is -2.50. The Balaban J connectivity index is 1.94. The van der Waals surface area contributed by atoms with Gasteiger partial charge in [-0.25, -0.2) is 9.18 Å². The van der Waals surface area contributed by atoms with Gasteiger partial charge in [0.1, 0.15) is 6.10 Å². The molecule has 152 valence electrons. The highest BCUT2D eigenvalue weighted by molar-refractivity contribution is 9.10. The smallest absolute Gasteiger partial charge is 0.347 e. The number of benzene rings is 2. The molecule has 1 unspecified atom stereocenters. The molecule has 0 saturated carbocycles. The van der Waals surface area contributed by atoms with Crippen molar-refractivity contribution in [3.8, 4) is 0 Å². The molecule has 1 heterocycles. The molecule has 29 heavy (non-hydrogen) atoms. The van der Waals surface area contributed by atoms with E-state index in [1.165, 1.54) is 12.1 Å². The lowest BCUT2D eigenvalue weighted by atomic mass is 9.80. The number of aliphatic hydroxyl groups is 1. The number of methoxy groups -OCH3 is 1. The third kappa shape index (κ3) is 3.95. The summed E-state index contributed by atoms with van der Waals surface area (Å²) in [5.74, 6) is -4.56. The Bertz CT molecular complexity index is 920. The molecule has 1 aliphatic heterocycles. The predicted molar refractivity (Wildman–Crippen MR) is 105 cm³/mol. The van der Waals surface area contributed by atoms with E-state index in [1.807, 2.05) is 0 Å². The highest BCUT2D eigenvalue weighted by Gasteiger charge is 2.61. The zero-order valence-corrected chi connectivity index (χ0v) is 17.1. The molecule has 0 aliphatic carbocycles. The molecule has 0 spiro atoms. The molecule has 1 N–H and O–H groups in total. The molecule has 1 fully saturated rings. The van der Waals surface area contributed by atoms with Crippen molar-refractivity contribution in [2.24, 2.45) is 5.92 Å². The average molecular weight is 464 g/mol. The second-order valence-corrected chi connectivity index (χ2v) is 7.69. The first kappa shape index (κ1) is 21.1. The van der Waals surface area contributed by atoms with E-state index >= 15 is 4.39 Å². The van der Waals surface area contributed by atoms with Gasteiger partial charge in [-0.3, -0.25) is 14.5 Å². The second kappa shape index (κ2) is 8.42. The quantitative estimate of drug-likeness (QED) is 0.525. The van der Waals surface area contributed by atoms with Crippen LogP contribution in [0.15, 0.2) is 59.1 Å². The number of aliphatic hydroxyl groups excluding tert-OH is 1. The number of amides is 2. The van der Waals surface area contributed by atoms with Gasteiger partial charge in [-0.05, 0) is 23.3 Å². The van der Waals surface area contributed by atoms with Crippen LogP contribution in [0.25, 0.3) is 0 Å². The maximum absolute atomic E-state index is 16.1. The van der Waals surface area contributed by atoms with Gasteiger partial charge >= 0.3 is 5.97 Å². The lowest BCUT2D eigenvalue weighted by Gasteiger charge is -2.31. The Morgan fingerprint density at radius 1 is 1.24 bits per heavy atom. The third-order valence-corrected chi connectivity index (χ3v) is 5.55. The molecule has 2 aromatic carbocycles. The first-order chi connectivity index (χ1) is 13.8. The summed E-state index contributed by atoms with van der Waals surface area (Å²) in [7, 11) is 0.966. The van der Waals surface area contributed by atoms with Crippen LogP contribution in [0.1, 0.15) is 23.7 Å². The van der Waals surface area contributed by atoms with E-state index in [0.717, 1.165) is 12.0 Å². The molecule has 1 saturated heterocycles. The van der Waals surface area contributed by atoms with Crippen LogP contribution < -0.4 is 0 Å². The minimum absolute atomic E-state index is 0.0410. The van der Waals surface area contributed by atoms with Crippen molar-refractivity contribution in [2.75, 3.05) is 7.11 Å². The number of ether oxygens (including phenoxy) is 1. The molecular formula is C21H19BrFNO5. The minimum Gasteiger partial charge on any atom is -0.467 e. The average Bonchev–Trinajstić information content (AvgIpc) is 3.02. The summed E-state index contributed by atoms with van der Waals surface area (Å²) in [6.07, 6.45) is -2.52. The van der Waals surface area contributed by atoms with E-state index in [0.29, 0.717) is 10.0 Å². The van der Waals surface area contributed by atoms with Crippen LogP contribution in [-0.2, 0) is 25.7 Å². The Morgan fingerprint density at radius 3 is 2.45 bits per heavy atom. The van der Waals surface area contributed by atoms with Gasteiger partial charge in [0.05, 0.1) is 19.6 Å². The van der Waals surface area contributed by atoms with Crippen LogP contribution in [0.4, 0.5) is 4.39 Å². The number of hydrogen-bond acceptors (Lipinski definition) is 5. The van der Waals surface area contributed by atoms with Gasteiger partial charge in [-0.1, -0.05) is 58.4 Å². The van der Waals surface area contributed by atoms with Crippen molar-refractivity contribution in [1.82, 2.24) is 4.90 Å². The number of imide groups is 1. The van der Waals surface area contributed by atoms with E-state index in [2.05, 4.69) is 20.7 Å². The van der Waals surface area contributed by atoms with Crippen molar-refractivity contribution < 1.29 is 28.6 Å². The fourth-order valence-corrected chi connectivity index (χ4v) is 3.70. The van der Waals surface area contributed by atoms with Crippen LogP contribution in [0, 0.1) is 5.92 Å². The van der Waals surface area contributed by atoms with E-state index in [4.69, 9.17) is 0 Å². The monoisotopic (exact) mass is 463 g/mol. The first-order valence-corrected chi connectivity index (χ1v) is 9.67. The molecule has 1 aliphatic rings. The Morgan fingerprint density at radius 2 is 1.86 bits per heavy atom.